The van der Waals surface area contributed by atoms with Gasteiger partial charge in [-0.05, 0) is 35.4 Å². The lowest BCUT2D eigenvalue weighted by Crippen LogP contribution is -2.68. The maximum Gasteiger partial charge on any atom is 0.273 e. The fraction of sp³-hybridized carbons (Fsp3) is 0.306. The lowest BCUT2D eigenvalue weighted by Gasteiger charge is -2.49. The molecule has 0 bridgehead atoms. The molecule has 4 aromatic carbocycles. The summed E-state index contributed by atoms with van der Waals surface area (Å²) in [5.41, 5.74) is 6.38. The molecule has 0 aromatic heterocycles. The number of benzene rings is 4. The van der Waals surface area contributed by atoms with Crippen molar-refractivity contribution >= 4 is 28.5 Å². The van der Waals surface area contributed by atoms with Gasteiger partial charge in [0, 0.05) is 12.5 Å². The summed E-state index contributed by atoms with van der Waals surface area (Å²) in [6, 6.07) is 28.2. The Morgan fingerprint density at radius 2 is 1.56 bits per heavy atom. The van der Waals surface area contributed by atoms with Crippen molar-refractivity contribution in [1.82, 2.24) is 16.2 Å². The van der Waals surface area contributed by atoms with Crippen LogP contribution in [0.15, 0.2) is 97.1 Å². The molecule has 2 saturated heterocycles. The van der Waals surface area contributed by atoms with Gasteiger partial charge in [-0.3, -0.25) is 25.2 Å². The number of carbonyl (C=O) groups excluding carboxylic acids is 3. The number of hydrogen-bond donors (Lipinski definition) is 4. The first-order valence-electron chi connectivity index (χ1n) is 15.6. The zero-order valence-corrected chi connectivity index (χ0v) is 26.4. The van der Waals surface area contributed by atoms with E-state index in [0.717, 1.165) is 21.9 Å². The number of phenolic OH excluding ortho intramolecular Hbond substituents is 1. The summed E-state index contributed by atoms with van der Waals surface area (Å²) in [4.78, 5) is 38.7. The number of fused-ring (bicyclic) bond motifs is 2. The molecule has 250 valence electrons. The van der Waals surface area contributed by atoms with E-state index in [-0.39, 0.29) is 30.4 Å². The SMILES string of the molecule is CC(=O)NC1C(OCc2ccccc2)OC2COC(c3ccccc3)OC2C1OC(C)C(=O)NNC(=O)c1cc2ccccc2cc1O. The van der Waals surface area contributed by atoms with Crippen LogP contribution in [0, 0.1) is 0 Å². The molecule has 2 aliphatic heterocycles. The number of hydrazine groups is 1. The van der Waals surface area contributed by atoms with Gasteiger partial charge in [-0.1, -0.05) is 84.9 Å². The van der Waals surface area contributed by atoms with E-state index >= 15 is 0 Å². The zero-order chi connectivity index (χ0) is 33.6. The van der Waals surface area contributed by atoms with Gasteiger partial charge in [0.15, 0.2) is 12.6 Å². The molecule has 3 amide bonds. The molecule has 12 nitrogen and oxygen atoms in total. The number of rotatable bonds is 9. The third kappa shape index (κ3) is 7.64. The first kappa shape index (κ1) is 33.1. The van der Waals surface area contributed by atoms with Gasteiger partial charge in [0.05, 0.1) is 18.8 Å². The van der Waals surface area contributed by atoms with Crippen LogP contribution in [0.2, 0.25) is 0 Å². The van der Waals surface area contributed by atoms with E-state index in [2.05, 4.69) is 16.2 Å². The molecule has 7 unspecified atom stereocenters. The van der Waals surface area contributed by atoms with E-state index in [1.54, 1.807) is 0 Å². The van der Waals surface area contributed by atoms with Gasteiger partial charge in [0.1, 0.15) is 36.2 Å². The van der Waals surface area contributed by atoms with Gasteiger partial charge in [0.2, 0.25) is 5.91 Å². The number of phenols is 1. The molecule has 0 radical (unpaired) electrons. The minimum Gasteiger partial charge on any atom is -0.507 e. The van der Waals surface area contributed by atoms with Gasteiger partial charge < -0.3 is 34.1 Å². The number of aromatic hydroxyl groups is 1. The molecule has 0 spiro atoms. The maximum atomic E-state index is 13.3. The molecule has 2 heterocycles. The Hall–Kier alpha value is -4.85. The molecule has 12 heteroatoms. The molecule has 4 N–H and O–H groups in total. The smallest absolute Gasteiger partial charge is 0.273 e. The van der Waals surface area contributed by atoms with Gasteiger partial charge in [-0.25, -0.2) is 0 Å². The van der Waals surface area contributed by atoms with Crippen LogP contribution >= 0.6 is 0 Å². The van der Waals surface area contributed by atoms with E-state index in [4.69, 9.17) is 23.7 Å². The van der Waals surface area contributed by atoms with Crippen LogP contribution in [0.25, 0.3) is 10.8 Å². The van der Waals surface area contributed by atoms with E-state index in [1.807, 2.05) is 84.9 Å². The highest BCUT2D eigenvalue weighted by molar-refractivity contribution is 6.02. The Morgan fingerprint density at radius 1 is 0.896 bits per heavy atom. The highest BCUT2D eigenvalue weighted by Crippen LogP contribution is 2.36. The van der Waals surface area contributed by atoms with Crippen LogP contribution in [0.3, 0.4) is 0 Å². The summed E-state index contributed by atoms with van der Waals surface area (Å²) < 4.78 is 31.2. The fourth-order valence-electron chi connectivity index (χ4n) is 5.79. The number of hydrogen-bond acceptors (Lipinski definition) is 9. The van der Waals surface area contributed by atoms with Crippen LogP contribution in [0.4, 0.5) is 0 Å². The van der Waals surface area contributed by atoms with E-state index < -0.39 is 54.9 Å². The van der Waals surface area contributed by atoms with Crippen molar-refractivity contribution in [2.45, 2.75) is 63.5 Å². The lowest BCUT2D eigenvalue weighted by molar-refractivity contribution is -0.351. The molecule has 2 fully saturated rings. The van der Waals surface area contributed by atoms with Crippen molar-refractivity contribution in [1.29, 1.82) is 0 Å². The second-order valence-electron chi connectivity index (χ2n) is 11.6. The predicted molar refractivity (Wildman–Crippen MR) is 173 cm³/mol. The third-order valence-corrected chi connectivity index (χ3v) is 8.18. The van der Waals surface area contributed by atoms with Gasteiger partial charge in [-0.2, -0.15) is 0 Å². The third-order valence-electron chi connectivity index (χ3n) is 8.18. The van der Waals surface area contributed by atoms with Crippen molar-refractivity contribution < 1.29 is 43.2 Å². The van der Waals surface area contributed by atoms with Crippen molar-refractivity contribution in [2.24, 2.45) is 0 Å². The Kier molecular flexibility index (Phi) is 10.3. The predicted octanol–water partition coefficient (Wildman–Crippen LogP) is 3.64. The van der Waals surface area contributed by atoms with Crippen molar-refractivity contribution in [3.63, 3.8) is 0 Å². The van der Waals surface area contributed by atoms with Gasteiger partial charge >= 0.3 is 0 Å². The molecule has 0 saturated carbocycles. The van der Waals surface area contributed by atoms with E-state index in [0.29, 0.717) is 0 Å². The molecule has 4 aromatic rings. The Bertz CT molecular complexity index is 1740. The second kappa shape index (κ2) is 14.9. The average Bonchev–Trinajstić information content (AvgIpc) is 3.10. The Labute approximate surface area is 277 Å². The fourth-order valence-corrected chi connectivity index (χ4v) is 5.79. The normalized spacial score (nSPS) is 24.2. The van der Waals surface area contributed by atoms with Gasteiger partial charge in [-0.15, -0.1) is 0 Å². The van der Waals surface area contributed by atoms with E-state index in [9.17, 15) is 19.5 Å². The zero-order valence-electron chi connectivity index (χ0n) is 26.4. The number of amides is 3. The molecule has 7 atom stereocenters. The highest BCUT2D eigenvalue weighted by Gasteiger charge is 2.52. The average molecular weight is 656 g/mol. The van der Waals surface area contributed by atoms with Crippen LogP contribution in [-0.2, 0) is 39.9 Å². The first-order chi connectivity index (χ1) is 23.3. The maximum absolute atomic E-state index is 13.3. The minimum absolute atomic E-state index is 0.0125. The Balaban J connectivity index is 1.20. The molecule has 48 heavy (non-hydrogen) atoms. The summed E-state index contributed by atoms with van der Waals surface area (Å²) in [5, 5.41) is 14.8. The van der Waals surface area contributed by atoms with Crippen LogP contribution in [-0.4, -0.2) is 66.2 Å². The molecule has 0 aliphatic carbocycles. The summed E-state index contributed by atoms with van der Waals surface area (Å²) >= 11 is 0. The largest absolute Gasteiger partial charge is 0.507 e. The summed E-state index contributed by atoms with van der Waals surface area (Å²) in [6.45, 7) is 3.19. The second-order valence-corrected chi connectivity index (χ2v) is 11.6. The molecular weight excluding hydrogens is 618 g/mol. The Morgan fingerprint density at radius 3 is 2.27 bits per heavy atom. The van der Waals surface area contributed by atoms with Crippen LogP contribution < -0.4 is 16.2 Å². The molecule has 2 aliphatic rings. The summed E-state index contributed by atoms with van der Waals surface area (Å²) in [6.07, 6.45) is -5.26. The molecular formula is C36H37N3O9. The monoisotopic (exact) mass is 655 g/mol. The van der Waals surface area contributed by atoms with Crippen LogP contribution in [0.1, 0.15) is 41.6 Å². The first-order valence-corrected chi connectivity index (χ1v) is 15.6. The van der Waals surface area contributed by atoms with Crippen molar-refractivity contribution in [3.05, 3.63) is 114 Å². The minimum atomic E-state index is -1.15. The number of ether oxygens (including phenoxy) is 5. The lowest BCUT2D eigenvalue weighted by atomic mass is 9.95. The quantitative estimate of drug-likeness (QED) is 0.198. The summed E-state index contributed by atoms with van der Waals surface area (Å²) in [7, 11) is 0. The molecule has 6 rings (SSSR count). The van der Waals surface area contributed by atoms with E-state index in [1.165, 1.54) is 26.0 Å². The topological polar surface area (TPSA) is 154 Å². The highest BCUT2D eigenvalue weighted by atomic mass is 16.8. The number of nitrogens with one attached hydrogen (secondary N) is 3. The van der Waals surface area contributed by atoms with Crippen molar-refractivity contribution in [2.75, 3.05) is 6.61 Å². The standard InChI is InChI=1S/C36H37N3O9/c1-21(33(42)38-39-34(43)27-17-25-15-9-10-16-26(25)18-28(27)41)46-32-30(37-22(2)40)36(44-19-23-11-5-3-6-12-23)47-29-20-45-35(48-31(29)32)24-13-7-4-8-14-24/h3-18,21,29-32,35-36,41H,19-20H2,1-2H3,(H,37,40)(H,38,42)(H,39,43). The van der Waals surface area contributed by atoms with Crippen molar-refractivity contribution in [3.8, 4) is 5.75 Å². The number of carbonyl (C=O) groups is 3. The van der Waals surface area contributed by atoms with Crippen LogP contribution in [0.5, 0.6) is 5.75 Å². The van der Waals surface area contributed by atoms with Gasteiger partial charge in [0.25, 0.3) is 11.8 Å². The summed E-state index contributed by atoms with van der Waals surface area (Å²) in [5.74, 6) is -1.99.